The van der Waals surface area contributed by atoms with E-state index < -0.39 is 30.1 Å². The van der Waals surface area contributed by atoms with Crippen LogP contribution in [-0.4, -0.2) is 90.3 Å². The van der Waals surface area contributed by atoms with E-state index in [2.05, 4.69) is 5.32 Å². The van der Waals surface area contributed by atoms with Crippen molar-refractivity contribution in [3.05, 3.63) is 34.9 Å². The molecule has 1 aliphatic heterocycles. The molecular weight excluding hydrogens is 540 g/mol. The number of rotatable bonds is 11. The molecule has 42 heavy (non-hydrogen) atoms. The molecule has 10 heteroatoms. The van der Waals surface area contributed by atoms with Gasteiger partial charge in [-0.3, -0.25) is 9.59 Å². The van der Waals surface area contributed by atoms with E-state index in [1.54, 1.807) is 23.1 Å². The average Bonchev–Trinajstić information content (AvgIpc) is 3.36. The summed E-state index contributed by atoms with van der Waals surface area (Å²) in [4.78, 5) is 29.2. The van der Waals surface area contributed by atoms with E-state index in [1.807, 2.05) is 6.92 Å². The van der Waals surface area contributed by atoms with Gasteiger partial charge in [-0.05, 0) is 92.4 Å². The molecule has 5 aliphatic carbocycles. The van der Waals surface area contributed by atoms with Crippen LogP contribution in [-0.2, 0) is 20.9 Å². The van der Waals surface area contributed by atoms with E-state index in [4.69, 9.17) is 14.2 Å². The number of nitrogens with one attached hydrogen (secondary N) is 1. The Kier molecular flexibility index (Phi) is 8.26. The highest BCUT2D eigenvalue weighted by molar-refractivity contribution is 5.96. The molecule has 4 unspecified atom stereocenters. The molecule has 4 atom stereocenters. The van der Waals surface area contributed by atoms with Crippen LogP contribution in [0.25, 0.3) is 0 Å². The number of hydrogen-bond donors (Lipinski definition) is 4. The summed E-state index contributed by atoms with van der Waals surface area (Å²) in [7, 11) is 1.51. The van der Waals surface area contributed by atoms with Crippen molar-refractivity contribution in [1.29, 1.82) is 0 Å². The van der Waals surface area contributed by atoms with Gasteiger partial charge in [-0.15, -0.1) is 0 Å². The largest absolute Gasteiger partial charge is 0.493 e. The van der Waals surface area contributed by atoms with Crippen LogP contribution in [0.3, 0.4) is 0 Å². The third-order valence-corrected chi connectivity index (χ3v) is 10.3. The second-order valence-corrected chi connectivity index (χ2v) is 13.1. The molecule has 0 spiro atoms. The molecule has 4 saturated carbocycles. The zero-order chi connectivity index (χ0) is 29.6. The van der Waals surface area contributed by atoms with Crippen molar-refractivity contribution < 1.29 is 39.1 Å². The number of aliphatic hydroxyl groups excluding tert-OH is 3. The number of aliphatic hydroxyl groups is 3. The fourth-order valence-corrected chi connectivity index (χ4v) is 9.10. The summed E-state index contributed by atoms with van der Waals surface area (Å²) in [6, 6.07) is 2.65. The highest BCUT2D eigenvalue weighted by atomic mass is 16.5. The van der Waals surface area contributed by atoms with E-state index in [1.165, 1.54) is 26.4 Å². The smallest absolute Gasteiger partial charge is 0.249 e. The van der Waals surface area contributed by atoms with E-state index in [0.29, 0.717) is 59.1 Å². The molecule has 6 aliphatic rings. The normalized spacial score (nSPS) is 33.8. The molecule has 1 aromatic rings. The van der Waals surface area contributed by atoms with Gasteiger partial charge in [0.05, 0.1) is 32.3 Å². The van der Waals surface area contributed by atoms with Gasteiger partial charge in [0.1, 0.15) is 18.8 Å². The highest BCUT2D eigenvalue weighted by Crippen LogP contribution is 2.60. The van der Waals surface area contributed by atoms with Crippen LogP contribution in [0.1, 0.15) is 62.5 Å². The molecule has 0 saturated heterocycles. The highest BCUT2D eigenvalue weighted by Gasteiger charge is 2.55. The van der Waals surface area contributed by atoms with Crippen molar-refractivity contribution in [2.45, 2.75) is 76.2 Å². The predicted molar refractivity (Wildman–Crippen MR) is 153 cm³/mol. The minimum absolute atomic E-state index is 0.000905. The number of hydrogen-bond acceptors (Lipinski definition) is 8. The van der Waals surface area contributed by atoms with Crippen LogP contribution in [0.5, 0.6) is 11.5 Å². The van der Waals surface area contributed by atoms with Crippen molar-refractivity contribution in [2.75, 3.05) is 40.0 Å². The van der Waals surface area contributed by atoms with Crippen LogP contribution >= 0.6 is 0 Å². The van der Waals surface area contributed by atoms with Crippen LogP contribution in [0.2, 0.25) is 0 Å². The second kappa shape index (κ2) is 11.8. The van der Waals surface area contributed by atoms with Gasteiger partial charge < -0.3 is 39.7 Å². The minimum atomic E-state index is -1.13. The SMILES string of the molecule is CCOCC(=O)N(CC12CC3CC(CC(C3)C1)C2)C1C=C(C(=O)NCCO)C2c3cc(CO)cc(OC)c3OC2C1O. The summed E-state index contributed by atoms with van der Waals surface area (Å²) >= 11 is 0. The molecule has 10 nitrogen and oxygen atoms in total. The summed E-state index contributed by atoms with van der Waals surface area (Å²) < 4.78 is 17.5. The first kappa shape index (κ1) is 29.4. The molecule has 230 valence electrons. The molecule has 1 heterocycles. The summed E-state index contributed by atoms with van der Waals surface area (Å²) in [6.45, 7) is 2.26. The van der Waals surface area contributed by atoms with Crippen molar-refractivity contribution >= 4 is 11.8 Å². The lowest BCUT2D eigenvalue weighted by atomic mass is 9.49. The molecule has 2 amide bonds. The average molecular weight is 585 g/mol. The van der Waals surface area contributed by atoms with Gasteiger partial charge in [0.2, 0.25) is 11.8 Å². The van der Waals surface area contributed by atoms with Gasteiger partial charge in [0.15, 0.2) is 11.5 Å². The summed E-state index contributed by atoms with van der Waals surface area (Å²) in [5, 5.41) is 34.0. The summed E-state index contributed by atoms with van der Waals surface area (Å²) in [6.07, 6.45) is 6.83. The molecule has 1 aromatic carbocycles. The molecule has 4 N–H and O–H groups in total. The zero-order valence-electron chi connectivity index (χ0n) is 24.6. The molecule has 0 radical (unpaired) electrons. The van der Waals surface area contributed by atoms with Gasteiger partial charge in [0.25, 0.3) is 0 Å². The monoisotopic (exact) mass is 584 g/mol. The van der Waals surface area contributed by atoms with Crippen molar-refractivity contribution in [1.82, 2.24) is 10.2 Å². The van der Waals surface area contributed by atoms with Crippen LogP contribution < -0.4 is 14.8 Å². The Morgan fingerprint density at radius 1 is 1.12 bits per heavy atom. The van der Waals surface area contributed by atoms with Crippen LogP contribution in [0.15, 0.2) is 23.8 Å². The number of nitrogens with zero attached hydrogens (tertiary/aromatic N) is 1. The minimum Gasteiger partial charge on any atom is -0.493 e. The number of amides is 2. The third-order valence-electron chi connectivity index (χ3n) is 10.3. The Bertz CT molecular complexity index is 1200. The number of methoxy groups -OCH3 is 1. The van der Waals surface area contributed by atoms with Gasteiger partial charge in [-0.2, -0.15) is 0 Å². The van der Waals surface area contributed by atoms with Gasteiger partial charge in [0, 0.05) is 30.8 Å². The van der Waals surface area contributed by atoms with Crippen molar-refractivity contribution in [3.63, 3.8) is 0 Å². The lowest BCUT2D eigenvalue weighted by Crippen LogP contribution is -2.60. The maximum Gasteiger partial charge on any atom is 0.249 e. The van der Waals surface area contributed by atoms with E-state index >= 15 is 0 Å². The third kappa shape index (κ3) is 5.20. The molecule has 4 fully saturated rings. The van der Waals surface area contributed by atoms with Crippen LogP contribution in [0.4, 0.5) is 0 Å². The van der Waals surface area contributed by atoms with E-state index in [-0.39, 0.29) is 37.7 Å². The Morgan fingerprint density at radius 3 is 2.40 bits per heavy atom. The molecule has 0 aromatic heterocycles. The summed E-state index contributed by atoms with van der Waals surface area (Å²) in [5.41, 5.74) is 1.59. The number of carbonyl (C=O) groups excluding carboxylic acids is 2. The number of benzene rings is 1. The second-order valence-electron chi connectivity index (χ2n) is 13.1. The Morgan fingerprint density at radius 2 is 1.81 bits per heavy atom. The van der Waals surface area contributed by atoms with Crippen LogP contribution in [0, 0.1) is 23.2 Å². The maximum atomic E-state index is 13.9. The fraction of sp³-hybridized carbons (Fsp3) is 0.688. The number of carbonyl (C=O) groups is 2. The number of fused-ring (bicyclic) bond motifs is 3. The standard InChI is InChI=1S/C32H44N2O8/c1-3-41-16-26(37)34(17-32-12-18-6-19(13-32)8-20(7-18)14-32)24-11-23(31(39)33-4-5-35)27-22-9-21(15-36)10-25(40-2)29(22)42-30(27)28(24)38/h9-11,18-20,24,27-28,30,35-36,38H,3-8,12-17H2,1-2H3,(H,33,39). The first-order chi connectivity index (χ1) is 20.3. The number of ether oxygens (including phenoxy) is 3. The Hall–Kier alpha value is -2.66. The topological polar surface area (TPSA) is 138 Å². The van der Waals surface area contributed by atoms with E-state index in [9.17, 15) is 24.9 Å². The first-order valence-corrected chi connectivity index (χ1v) is 15.4. The lowest BCUT2D eigenvalue weighted by molar-refractivity contribution is -0.149. The lowest BCUT2D eigenvalue weighted by Gasteiger charge is -2.58. The quantitative estimate of drug-likeness (QED) is 0.310. The van der Waals surface area contributed by atoms with E-state index in [0.717, 1.165) is 19.3 Å². The molecule has 4 bridgehead atoms. The Balaban J connectivity index is 1.40. The maximum absolute atomic E-state index is 13.9. The summed E-state index contributed by atoms with van der Waals surface area (Å²) in [5.74, 6) is 1.64. The zero-order valence-corrected chi connectivity index (χ0v) is 24.6. The van der Waals surface area contributed by atoms with Gasteiger partial charge >= 0.3 is 0 Å². The first-order valence-electron chi connectivity index (χ1n) is 15.4. The Labute approximate surface area is 247 Å². The predicted octanol–water partition coefficient (Wildman–Crippen LogP) is 1.89. The fourth-order valence-electron chi connectivity index (χ4n) is 9.10. The molecular formula is C32H44N2O8. The van der Waals surface area contributed by atoms with Crippen molar-refractivity contribution in [2.24, 2.45) is 23.2 Å². The van der Waals surface area contributed by atoms with Crippen molar-refractivity contribution in [3.8, 4) is 11.5 Å². The van der Waals surface area contributed by atoms with Gasteiger partial charge in [-0.1, -0.05) is 0 Å². The molecule has 7 rings (SSSR count). The van der Waals surface area contributed by atoms with Gasteiger partial charge in [-0.25, -0.2) is 0 Å².